The number of aromatic nitrogens is 3. The van der Waals surface area contributed by atoms with Crippen molar-refractivity contribution in [3.8, 4) is 6.07 Å². The lowest BCUT2D eigenvalue weighted by Crippen LogP contribution is -2.14. The van der Waals surface area contributed by atoms with Crippen molar-refractivity contribution in [2.45, 2.75) is 17.8 Å². The van der Waals surface area contributed by atoms with Gasteiger partial charge in [-0.3, -0.25) is 9.78 Å². The molecule has 2 aromatic rings. The van der Waals surface area contributed by atoms with E-state index in [1.165, 1.54) is 11.8 Å². The average molecular weight is 258 g/mol. The SMILES string of the molecule is Cc1nc(SCc2cccnc2)[nH]c(=O)c1C#N. The molecular formula is C12H10N4OS. The maximum absolute atomic E-state index is 11.6. The molecule has 0 radical (unpaired) electrons. The minimum Gasteiger partial charge on any atom is -0.300 e. The predicted octanol–water partition coefficient (Wildman–Crippen LogP) is 1.64. The summed E-state index contributed by atoms with van der Waals surface area (Å²) in [6.45, 7) is 1.65. The lowest BCUT2D eigenvalue weighted by atomic mass is 10.3. The van der Waals surface area contributed by atoms with Gasteiger partial charge in [0, 0.05) is 18.1 Å². The molecule has 0 saturated carbocycles. The number of aromatic amines is 1. The third-order valence-corrected chi connectivity index (χ3v) is 3.23. The Kier molecular flexibility index (Phi) is 3.75. The maximum atomic E-state index is 11.6. The van der Waals surface area contributed by atoms with Crippen LogP contribution in [0.25, 0.3) is 0 Å². The van der Waals surface area contributed by atoms with Crippen molar-refractivity contribution in [3.63, 3.8) is 0 Å². The maximum Gasteiger partial charge on any atom is 0.269 e. The molecule has 2 rings (SSSR count). The average Bonchev–Trinajstić information content (AvgIpc) is 2.37. The summed E-state index contributed by atoms with van der Waals surface area (Å²) >= 11 is 1.40. The topological polar surface area (TPSA) is 82.4 Å². The summed E-state index contributed by atoms with van der Waals surface area (Å²) in [5.41, 5.74) is 1.18. The normalized spacial score (nSPS) is 10.0. The van der Waals surface area contributed by atoms with Gasteiger partial charge in [0.2, 0.25) is 0 Å². The van der Waals surface area contributed by atoms with Crippen molar-refractivity contribution >= 4 is 11.8 Å². The zero-order valence-corrected chi connectivity index (χ0v) is 10.5. The van der Waals surface area contributed by atoms with Crippen LogP contribution in [0.4, 0.5) is 0 Å². The highest BCUT2D eigenvalue weighted by Crippen LogP contribution is 2.17. The second-order valence-corrected chi connectivity index (χ2v) is 4.56. The highest BCUT2D eigenvalue weighted by Gasteiger charge is 2.07. The minimum atomic E-state index is -0.390. The summed E-state index contributed by atoms with van der Waals surface area (Å²) in [6, 6.07) is 5.65. The van der Waals surface area contributed by atoms with Crippen LogP contribution in [0.15, 0.2) is 34.5 Å². The number of nitriles is 1. The van der Waals surface area contributed by atoms with Crippen LogP contribution in [-0.4, -0.2) is 15.0 Å². The largest absolute Gasteiger partial charge is 0.300 e. The van der Waals surface area contributed by atoms with Crippen molar-refractivity contribution < 1.29 is 0 Å². The van der Waals surface area contributed by atoms with E-state index in [1.54, 1.807) is 19.3 Å². The zero-order valence-electron chi connectivity index (χ0n) is 9.67. The fourth-order valence-corrected chi connectivity index (χ4v) is 2.24. The van der Waals surface area contributed by atoms with Crippen molar-refractivity contribution in [1.29, 1.82) is 5.26 Å². The number of nitrogens with zero attached hydrogens (tertiary/aromatic N) is 3. The molecule has 90 valence electrons. The molecule has 0 atom stereocenters. The van der Waals surface area contributed by atoms with E-state index >= 15 is 0 Å². The van der Waals surface area contributed by atoms with Gasteiger partial charge in [-0.15, -0.1) is 0 Å². The molecule has 0 aliphatic heterocycles. The van der Waals surface area contributed by atoms with Gasteiger partial charge in [-0.05, 0) is 18.6 Å². The van der Waals surface area contributed by atoms with E-state index in [1.807, 2.05) is 18.2 Å². The highest BCUT2D eigenvalue weighted by atomic mass is 32.2. The molecule has 0 aromatic carbocycles. The summed E-state index contributed by atoms with van der Waals surface area (Å²) in [4.78, 5) is 22.3. The quantitative estimate of drug-likeness (QED) is 0.668. The molecule has 0 aliphatic carbocycles. The molecule has 0 saturated heterocycles. The molecule has 5 nitrogen and oxygen atoms in total. The van der Waals surface area contributed by atoms with Gasteiger partial charge < -0.3 is 4.98 Å². The number of hydrogen-bond donors (Lipinski definition) is 1. The third-order valence-electron chi connectivity index (χ3n) is 2.29. The number of nitrogens with one attached hydrogen (secondary N) is 1. The van der Waals surface area contributed by atoms with Crippen molar-refractivity contribution in [1.82, 2.24) is 15.0 Å². The number of H-pyrrole nitrogens is 1. The van der Waals surface area contributed by atoms with Crippen LogP contribution in [0.5, 0.6) is 0 Å². The van der Waals surface area contributed by atoms with E-state index in [-0.39, 0.29) is 5.56 Å². The van der Waals surface area contributed by atoms with Crippen LogP contribution in [-0.2, 0) is 5.75 Å². The highest BCUT2D eigenvalue weighted by molar-refractivity contribution is 7.98. The first kappa shape index (κ1) is 12.3. The van der Waals surface area contributed by atoms with Crippen LogP contribution >= 0.6 is 11.8 Å². The fraction of sp³-hybridized carbons (Fsp3) is 0.167. The first-order valence-corrected chi connectivity index (χ1v) is 6.22. The molecule has 0 spiro atoms. The third kappa shape index (κ3) is 2.76. The van der Waals surface area contributed by atoms with E-state index in [4.69, 9.17) is 5.26 Å². The van der Waals surface area contributed by atoms with Crippen LogP contribution in [0.1, 0.15) is 16.8 Å². The number of pyridine rings is 1. The number of aryl methyl sites for hydroxylation is 1. The number of thioether (sulfide) groups is 1. The van der Waals surface area contributed by atoms with Gasteiger partial charge in [-0.1, -0.05) is 17.8 Å². The molecule has 0 bridgehead atoms. The lowest BCUT2D eigenvalue weighted by Gasteiger charge is -2.02. The summed E-state index contributed by atoms with van der Waals surface area (Å²) in [6.07, 6.45) is 3.47. The van der Waals surface area contributed by atoms with Gasteiger partial charge in [0.1, 0.15) is 11.6 Å². The van der Waals surface area contributed by atoms with Gasteiger partial charge in [0.25, 0.3) is 5.56 Å². The molecule has 0 aliphatic rings. The van der Waals surface area contributed by atoms with E-state index in [9.17, 15) is 4.79 Å². The Labute approximate surface area is 108 Å². The van der Waals surface area contributed by atoms with Gasteiger partial charge in [0.05, 0.1) is 5.69 Å². The summed E-state index contributed by atoms with van der Waals surface area (Å²) in [5.74, 6) is 0.669. The smallest absolute Gasteiger partial charge is 0.269 e. The molecular weight excluding hydrogens is 248 g/mol. The zero-order chi connectivity index (χ0) is 13.0. The molecule has 0 unspecified atom stereocenters. The Morgan fingerprint density at radius 3 is 3.00 bits per heavy atom. The van der Waals surface area contributed by atoms with Gasteiger partial charge in [0.15, 0.2) is 5.16 Å². The summed E-state index contributed by atoms with van der Waals surface area (Å²) in [5, 5.41) is 9.29. The lowest BCUT2D eigenvalue weighted by molar-refractivity contribution is 0.896. The van der Waals surface area contributed by atoms with Crippen LogP contribution in [0.2, 0.25) is 0 Å². The van der Waals surface area contributed by atoms with Gasteiger partial charge in [-0.2, -0.15) is 5.26 Å². The van der Waals surface area contributed by atoms with E-state index in [0.29, 0.717) is 16.6 Å². The molecule has 0 amide bonds. The second kappa shape index (κ2) is 5.47. The van der Waals surface area contributed by atoms with Gasteiger partial charge in [-0.25, -0.2) is 4.98 Å². The molecule has 1 N–H and O–H groups in total. The molecule has 6 heteroatoms. The molecule has 18 heavy (non-hydrogen) atoms. The summed E-state index contributed by atoms with van der Waals surface area (Å²) < 4.78 is 0. The number of rotatable bonds is 3. The van der Waals surface area contributed by atoms with Crippen LogP contribution < -0.4 is 5.56 Å². The molecule has 2 aromatic heterocycles. The number of hydrogen-bond acceptors (Lipinski definition) is 5. The first-order chi connectivity index (χ1) is 8.70. The fourth-order valence-electron chi connectivity index (χ4n) is 1.40. The van der Waals surface area contributed by atoms with Gasteiger partial charge >= 0.3 is 0 Å². The van der Waals surface area contributed by atoms with E-state index in [0.717, 1.165) is 5.56 Å². The second-order valence-electron chi connectivity index (χ2n) is 3.59. The Bertz CT molecular complexity index is 645. The van der Waals surface area contributed by atoms with Crippen molar-refractivity contribution in [2.24, 2.45) is 0 Å². The standard InChI is InChI=1S/C12H10N4OS/c1-8-10(5-13)11(17)16-12(15-8)18-7-9-3-2-4-14-6-9/h2-4,6H,7H2,1H3,(H,15,16,17). The van der Waals surface area contributed by atoms with E-state index in [2.05, 4.69) is 15.0 Å². The predicted molar refractivity (Wildman–Crippen MR) is 68.1 cm³/mol. The van der Waals surface area contributed by atoms with Crippen LogP contribution in [0.3, 0.4) is 0 Å². The van der Waals surface area contributed by atoms with Crippen LogP contribution in [0, 0.1) is 18.3 Å². The van der Waals surface area contributed by atoms with Crippen molar-refractivity contribution in [3.05, 3.63) is 51.7 Å². The first-order valence-electron chi connectivity index (χ1n) is 5.23. The minimum absolute atomic E-state index is 0.0701. The Morgan fingerprint density at radius 2 is 2.39 bits per heavy atom. The Hall–Kier alpha value is -2.13. The Balaban J connectivity index is 2.17. The summed E-state index contributed by atoms with van der Waals surface area (Å²) in [7, 11) is 0. The Morgan fingerprint density at radius 1 is 1.56 bits per heavy atom. The molecule has 0 fully saturated rings. The monoisotopic (exact) mass is 258 g/mol. The van der Waals surface area contributed by atoms with E-state index < -0.39 is 5.56 Å². The molecule has 2 heterocycles. The van der Waals surface area contributed by atoms with Crippen molar-refractivity contribution in [2.75, 3.05) is 0 Å².